The molecule has 0 aliphatic rings. The summed E-state index contributed by atoms with van der Waals surface area (Å²) in [5.41, 5.74) is 0. The lowest BCUT2D eigenvalue weighted by atomic mass is 10.4. The average molecular weight is 261 g/mol. The van der Waals surface area contributed by atoms with Crippen molar-refractivity contribution >= 4 is 10.0 Å². The molecule has 0 saturated carbocycles. The first kappa shape index (κ1) is 14.1. The molecule has 7 heteroatoms. The van der Waals surface area contributed by atoms with Crippen molar-refractivity contribution in [1.29, 1.82) is 0 Å². The second-order valence-electron chi connectivity index (χ2n) is 4.08. The minimum absolute atomic E-state index is 0.112. The highest BCUT2D eigenvalue weighted by Gasteiger charge is 2.10. The molecule has 0 amide bonds. The van der Waals surface area contributed by atoms with Crippen LogP contribution in [0.3, 0.4) is 0 Å². The van der Waals surface area contributed by atoms with E-state index in [1.54, 1.807) is 6.07 Å². The van der Waals surface area contributed by atoms with E-state index < -0.39 is 10.0 Å². The highest BCUT2D eigenvalue weighted by molar-refractivity contribution is 7.89. The molecule has 0 aliphatic carbocycles. The average Bonchev–Trinajstić information content (AvgIpc) is 2.74. The van der Waals surface area contributed by atoms with Crippen LogP contribution in [0, 0.1) is 0 Å². The number of hydrogen-bond donors (Lipinski definition) is 2. The Labute approximate surface area is 102 Å². The topological polar surface area (TPSA) is 84.2 Å². The zero-order valence-corrected chi connectivity index (χ0v) is 11.0. The first-order chi connectivity index (χ1) is 7.99. The van der Waals surface area contributed by atoms with Crippen LogP contribution in [0.25, 0.3) is 0 Å². The molecule has 0 saturated heterocycles. The molecule has 1 heterocycles. The predicted octanol–water partition coefficient (Wildman–Crippen LogP) is 0.482. The summed E-state index contributed by atoms with van der Waals surface area (Å²) in [5, 5.41) is 6.66. The van der Waals surface area contributed by atoms with Crippen LogP contribution in [0.5, 0.6) is 0 Å². The van der Waals surface area contributed by atoms with Gasteiger partial charge in [-0.1, -0.05) is 19.0 Å². The Kier molecular flexibility index (Phi) is 5.60. The SMILES string of the molecule is CC(C)NCCCS(=O)(=O)NCc1ccno1. The molecule has 98 valence electrons. The molecule has 1 aromatic heterocycles. The number of aromatic nitrogens is 1. The molecule has 6 nitrogen and oxygen atoms in total. The van der Waals surface area contributed by atoms with Gasteiger partial charge in [-0.25, -0.2) is 13.1 Å². The minimum Gasteiger partial charge on any atom is -0.360 e. The van der Waals surface area contributed by atoms with Crippen LogP contribution >= 0.6 is 0 Å². The molecule has 0 fully saturated rings. The third kappa shape index (κ3) is 6.40. The van der Waals surface area contributed by atoms with Crippen LogP contribution in [0.1, 0.15) is 26.0 Å². The number of hydrogen-bond acceptors (Lipinski definition) is 5. The lowest BCUT2D eigenvalue weighted by molar-refractivity contribution is 0.380. The fourth-order valence-electron chi connectivity index (χ4n) is 1.24. The molecule has 0 aromatic carbocycles. The van der Waals surface area contributed by atoms with Crippen LogP contribution in [0.15, 0.2) is 16.8 Å². The first-order valence-electron chi connectivity index (χ1n) is 5.60. The van der Waals surface area contributed by atoms with Gasteiger partial charge in [-0.05, 0) is 13.0 Å². The van der Waals surface area contributed by atoms with Gasteiger partial charge in [0, 0.05) is 12.1 Å². The van der Waals surface area contributed by atoms with E-state index in [1.807, 2.05) is 13.8 Å². The molecular formula is C10H19N3O3S. The van der Waals surface area contributed by atoms with Crippen molar-refractivity contribution in [3.8, 4) is 0 Å². The van der Waals surface area contributed by atoms with Gasteiger partial charge in [0.05, 0.1) is 18.5 Å². The molecular weight excluding hydrogens is 242 g/mol. The molecule has 2 N–H and O–H groups in total. The maximum atomic E-state index is 11.6. The van der Waals surface area contributed by atoms with Gasteiger partial charge in [0.15, 0.2) is 5.76 Å². The summed E-state index contributed by atoms with van der Waals surface area (Å²) in [4.78, 5) is 0. The Morgan fingerprint density at radius 2 is 2.24 bits per heavy atom. The molecule has 1 aromatic rings. The Balaban J connectivity index is 2.22. The van der Waals surface area contributed by atoms with E-state index in [-0.39, 0.29) is 12.3 Å². The van der Waals surface area contributed by atoms with Crippen LogP contribution < -0.4 is 10.0 Å². The number of sulfonamides is 1. The summed E-state index contributed by atoms with van der Waals surface area (Å²) in [6, 6.07) is 2.00. The molecule has 17 heavy (non-hydrogen) atoms. The number of rotatable bonds is 8. The maximum Gasteiger partial charge on any atom is 0.212 e. The smallest absolute Gasteiger partial charge is 0.212 e. The molecule has 0 atom stereocenters. The number of nitrogens with zero attached hydrogens (tertiary/aromatic N) is 1. The normalized spacial score (nSPS) is 12.2. The van der Waals surface area contributed by atoms with Crippen LogP contribution in [-0.4, -0.2) is 31.9 Å². The molecule has 0 radical (unpaired) electrons. The van der Waals surface area contributed by atoms with Gasteiger partial charge in [-0.2, -0.15) is 0 Å². The zero-order chi connectivity index (χ0) is 12.7. The third-order valence-corrected chi connectivity index (χ3v) is 3.51. The molecule has 1 rings (SSSR count). The van der Waals surface area contributed by atoms with Crippen LogP contribution in [-0.2, 0) is 16.6 Å². The largest absolute Gasteiger partial charge is 0.360 e. The van der Waals surface area contributed by atoms with E-state index in [0.29, 0.717) is 24.8 Å². The van der Waals surface area contributed by atoms with Gasteiger partial charge in [0.1, 0.15) is 0 Å². The summed E-state index contributed by atoms with van der Waals surface area (Å²) in [7, 11) is -3.23. The Morgan fingerprint density at radius 3 is 2.82 bits per heavy atom. The molecule has 0 spiro atoms. The van der Waals surface area contributed by atoms with Gasteiger partial charge >= 0.3 is 0 Å². The van der Waals surface area contributed by atoms with Gasteiger partial charge < -0.3 is 9.84 Å². The van der Waals surface area contributed by atoms with Crippen molar-refractivity contribution in [3.63, 3.8) is 0 Å². The van der Waals surface area contributed by atoms with Crippen molar-refractivity contribution in [2.45, 2.75) is 32.9 Å². The Hall–Kier alpha value is -0.920. The molecule has 0 unspecified atom stereocenters. The second-order valence-corrected chi connectivity index (χ2v) is 6.01. The van der Waals surface area contributed by atoms with Crippen LogP contribution in [0.2, 0.25) is 0 Å². The van der Waals surface area contributed by atoms with E-state index in [1.165, 1.54) is 6.20 Å². The van der Waals surface area contributed by atoms with Gasteiger partial charge in [-0.3, -0.25) is 0 Å². The highest BCUT2D eigenvalue weighted by atomic mass is 32.2. The lowest BCUT2D eigenvalue weighted by Gasteiger charge is -2.08. The van der Waals surface area contributed by atoms with Crippen molar-refractivity contribution in [3.05, 3.63) is 18.0 Å². The van der Waals surface area contributed by atoms with Crippen molar-refractivity contribution < 1.29 is 12.9 Å². The van der Waals surface area contributed by atoms with E-state index in [4.69, 9.17) is 4.52 Å². The van der Waals surface area contributed by atoms with Crippen LogP contribution in [0.4, 0.5) is 0 Å². The van der Waals surface area contributed by atoms with Crippen molar-refractivity contribution in [2.75, 3.05) is 12.3 Å². The van der Waals surface area contributed by atoms with E-state index in [0.717, 1.165) is 0 Å². The lowest BCUT2D eigenvalue weighted by Crippen LogP contribution is -2.29. The quantitative estimate of drug-likeness (QED) is 0.665. The molecule has 0 bridgehead atoms. The van der Waals surface area contributed by atoms with Crippen molar-refractivity contribution in [1.82, 2.24) is 15.2 Å². The minimum atomic E-state index is -3.23. The number of nitrogens with one attached hydrogen (secondary N) is 2. The van der Waals surface area contributed by atoms with E-state index >= 15 is 0 Å². The fraction of sp³-hybridized carbons (Fsp3) is 0.700. The van der Waals surface area contributed by atoms with Crippen molar-refractivity contribution in [2.24, 2.45) is 0 Å². The second kappa shape index (κ2) is 6.73. The fourth-order valence-corrected chi connectivity index (χ4v) is 2.27. The summed E-state index contributed by atoms with van der Waals surface area (Å²) < 4.78 is 30.4. The first-order valence-corrected chi connectivity index (χ1v) is 7.25. The molecule has 0 aliphatic heterocycles. The van der Waals surface area contributed by atoms with Gasteiger partial charge in [0.25, 0.3) is 0 Å². The van der Waals surface area contributed by atoms with Gasteiger partial charge in [-0.15, -0.1) is 0 Å². The highest BCUT2D eigenvalue weighted by Crippen LogP contribution is 1.97. The third-order valence-electron chi connectivity index (χ3n) is 2.10. The van der Waals surface area contributed by atoms with E-state index in [2.05, 4.69) is 15.2 Å². The predicted molar refractivity (Wildman–Crippen MR) is 64.9 cm³/mol. The summed E-state index contributed by atoms with van der Waals surface area (Å²) >= 11 is 0. The summed E-state index contributed by atoms with van der Waals surface area (Å²) in [6.45, 7) is 4.90. The monoisotopic (exact) mass is 261 g/mol. The Bertz CT molecular complexity index is 400. The standard InChI is InChI=1S/C10H19N3O3S/c1-9(2)11-5-3-7-17(14,15)13-8-10-4-6-12-16-10/h4,6,9,11,13H,3,5,7-8H2,1-2H3. The Morgan fingerprint density at radius 1 is 1.47 bits per heavy atom. The summed E-state index contributed by atoms with van der Waals surface area (Å²) in [5.74, 6) is 0.620. The van der Waals surface area contributed by atoms with Gasteiger partial charge in [0.2, 0.25) is 10.0 Å². The summed E-state index contributed by atoms with van der Waals surface area (Å²) in [6.07, 6.45) is 2.07. The maximum absolute atomic E-state index is 11.6. The zero-order valence-electron chi connectivity index (χ0n) is 10.1. The van der Waals surface area contributed by atoms with E-state index in [9.17, 15) is 8.42 Å².